The van der Waals surface area contributed by atoms with E-state index in [4.69, 9.17) is 0 Å². The van der Waals surface area contributed by atoms with Gasteiger partial charge in [-0.1, -0.05) is 0 Å². The van der Waals surface area contributed by atoms with E-state index in [-0.39, 0.29) is 0 Å². The number of hydrogen-bond acceptors (Lipinski definition) is 0. The Morgan fingerprint density at radius 2 is 1.71 bits per heavy atom. The average Bonchev–Trinajstić information content (AvgIpc) is 2.44. The molecule has 0 N–H and O–H groups in total. The van der Waals surface area contributed by atoms with Crippen molar-refractivity contribution in [3.05, 3.63) is 30.3 Å². The fourth-order valence-electron chi connectivity index (χ4n) is 2.01. The van der Waals surface area contributed by atoms with Gasteiger partial charge in [-0.15, -0.1) is 0 Å². The van der Waals surface area contributed by atoms with Crippen LogP contribution in [-0.2, 0) is 7.05 Å². The van der Waals surface area contributed by atoms with Gasteiger partial charge in [0.05, 0.1) is 0 Å². The van der Waals surface area contributed by atoms with Gasteiger partial charge in [-0.2, -0.15) is 0 Å². The maximum absolute atomic E-state index is 2.46. The molecule has 0 fully saturated rings. The van der Waals surface area contributed by atoms with E-state index in [9.17, 15) is 0 Å². The Bertz CT molecular complexity index is 463. The van der Waals surface area contributed by atoms with Crippen molar-refractivity contribution in [2.75, 3.05) is 0 Å². The van der Waals surface area contributed by atoms with E-state index in [0.717, 1.165) is 0 Å². The fourth-order valence-corrected chi connectivity index (χ4v) is 6.90. The van der Waals surface area contributed by atoms with Crippen LogP contribution < -0.4 is 3.71 Å². The van der Waals surface area contributed by atoms with Crippen molar-refractivity contribution in [1.82, 2.24) is 4.57 Å². The number of fused-ring (bicyclic) bond motifs is 1. The number of nitrogens with zero attached hydrogens (tertiary/aromatic N) is 1. The Labute approximate surface area is 89.6 Å². The van der Waals surface area contributed by atoms with Crippen molar-refractivity contribution >= 4 is 33.0 Å². The van der Waals surface area contributed by atoms with E-state index in [1.807, 2.05) is 0 Å². The molecule has 0 aliphatic rings. The zero-order chi connectivity index (χ0) is 10.3. The minimum absolute atomic E-state index is 1.37. The summed E-state index contributed by atoms with van der Waals surface area (Å²) in [7, 11) is 2.19. The SMILES string of the molecule is Cn1[c]([Sn]([CH3])([CH3])[CH3])cc2ccccc21. The molecule has 74 valence electrons. The first-order chi connectivity index (χ1) is 6.50. The molecular weight excluding hydrogens is 277 g/mol. The van der Waals surface area contributed by atoms with Crippen LogP contribution in [0.15, 0.2) is 30.3 Å². The molecular formula is C12H17NSn. The third-order valence-corrected chi connectivity index (χ3v) is 8.48. The summed E-state index contributed by atoms with van der Waals surface area (Å²) in [6, 6.07) is 11.0. The summed E-state index contributed by atoms with van der Waals surface area (Å²) in [6.45, 7) is 0. The number of para-hydroxylation sites is 1. The van der Waals surface area contributed by atoms with Crippen molar-refractivity contribution in [3.8, 4) is 0 Å². The Balaban J connectivity index is 2.75. The van der Waals surface area contributed by atoms with Crippen LogP contribution in [0.2, 0.25) is 14.8 Å². The van der Waals surface area contributed by atoms with Crippen LogP contribution in [-0.4, -0.2) is 22.9 Å². The summed E-state index contributed by atoms with van der Waals surface area (Å²) in [5, 5.41) is 1.39. The zero-order valence-corrected chi connectivity index (χ0v) is 12.2. The molecule has 14 heavy (non-hydrogen) atoms. The van der Waals surface area contributed by atoms with Gasteiger partial charge in [0.1, 0.15) is 0 Å². The standard InChI is InChI=1S/C9H8N.3CH3.Sn/c1-10-7-6-8-4-2-3-5-9(8)10;;;;/h2-6H,1H3;3*1H3;. The third kappa shape index (κ3) is 1.58. The number of aromatic nitrogens is 1. The molecule has 2 heteroatoms. The van der Waals surface area contributed by atoms with Gasteiger partial charge in [0.25, 0.3) is 0 Å². The Morgan fingerprint density at radius 1 is 1.07 bits per heavy atom. The van der Waals surface area contributed by atoms with Crippen molar-refractivity contribution < 1.29 is 0 Å². The molecule has 2 aromatic rings. The van der Waals surface area contributed by atoms with Crippen LogP contribution >= 0.6 is 0 Å². The molecule has 1 aromatic heterocycles. The monoisotopic (exact) mass is 295 g/mol. The molecule has 0 unspecified atom stereocenters. The molecule has 1 nitrogen and oxygen atoms in total. The number of benzene rings is 1. The molecule has 0 saturated heterocycles. The van der Waals surface area contributed by atoms with Crippen molar-refractivity contribution in [3.63, 3.8) is 0 Å². The van der Waals surface area contributed by atoms with Crippen LogP contribution in [0.1, 0.15) is 0 Å². The van der Waals surface area contributed by atoms with Gasteiger partial charge in [-0.25, -0.2) is 0 Å². The van der Waals surface area contributed by atoms with E-state index < -0.39 is 18.4 Å². The predicted octanol–water partition coefficient (Wildman–Crippen LogP) is 2.72. The first kappa shape index (κ1) is 10.1. The number of rotatable bonds is 1. The van der Waals surface area contributed by atoms with Crippen molar-refractivity contribution in [2.45, 2.75) is 14.8 Å². The van der Waals surface area contributed by atoms with Gasteiger partial charge in [0.2, 0.25) is 0 Å². The normalized spacial score (nSPS) is 12.3. The number of hydrogen-bond donors (Lipinski definition) is 0. The van der Waals surface area contributed by atoms with Gasteiger partial charge >= 0.3 is 89.8 Å². The van der Waals surface area contributed by atoms with Crippen LogP contribution in [0.4, 0.5) is 0 Å². The van der Waals surface area contributed by atoms with Gasteiger partial charge in [-0.05, 0) is 0 Å². The molecule has 0 radical (unpaired) electrons. The molecule has 1 aromatic carbocycles. The van der Waals surface area contributed by atoms with Crippen molar-refractivity contribution in [1.29, 1.82) is 0 Å². The summed E-state index contributed by atoms with van der Waals surface area (Å²) >= 11 is -1.92. The van der Waals surface area contributed by atoms with Crippen LogP contribution in [0, 0.1) is 0 Å². The molecule has 2 rings (SSSR count). The molecule has 1 heterocycles. The minimum atomic E-state index is -1.92. The number of aryl methyl sites for hydroxylation is 1. The molecule has 0 spiro atoms. The average molecular weight is 294 g/mol. The van der Waals surface area contributed by atoms with E-state index >= 15 is 0 Å². The second-order valence-electron chi connectivity index (χ2n) is 4.90. The van der Waals surface area contributed by atoms with Gasteiger partial charge in [0, 0.05) is 0 Å². The predicted molar refractivity (Wildman–Crippen MR) is 65.9 cm³/mol. The fraction of sp³-hybridized carbons (Fsp3) is 0.333. The molecule has 0 amide bonds. The van der Waals surface area contributed by atoms with E-state index in [1.165, 1.54) is 10.9 Å². The molecule has 0 bridgehead atoms. The van der Waals surface area contributed by atoms with Crippen LogP contribution in [0.5, 0.6) is 0 Å². The van der Waals surface area contributed by atoms with Gasteiger partial charge < -0.3 is 0 Å². The summed E-state index contributed by atoms with van der Waals surface area (Å²) < 4.78 is 3.98. The second-order valence-corrected chi connectivity index (χ2v) is 19.2. The summed E-state index contributed by atoms with van der Waals surface area (Å²) in [4.78, 5) is 7.38. The first-order valence-electron chi connectivity index (χ1n) is 5.05. The Kier molecular flexibility index (Phi) is 2.38. The quantitative estimate of drug-likeness (QED) is 0.713. The molecule has 0 aliphatic heterocycles. The topological polar surface area (TPSA) is 4.93 Å². The second kappa shape index (κ2) is 3.30. The molecule has 0 saturated carbocycles. The molecule has 0 atom stereocenters. The van der Waals surface area contributed by atoms with Gasteiger partial charge in [0.15, 0.2) is 0 Å². The summed E-state index contributed by atoms with van der Waals surface area (Å²) in [5.74, 6) is 0. The molecule has 0 aliphatic carbocycles. The summed E-state index contributed by atoms with van der Waals surface area (Å²) in [5.41, 5.74) is 1.37. The first-order valence-corrected chi connectivity index (χ1v) is 15.0. The van der Waals surface area contributed by atoms with Crippen LogP contribution in [0.25, 0.3) is 10.9 Å². The Morgan fingerprint density at radius 3 is 2.29 bits per heavy atom. The van der Waals surface area contributed by atoms with Crippen LogP contribution in [0.3, 0.4) is 0 Å². The Hall–Kier alpha value is -0.441. The van der Waals surface area contributed by atoms with Crippen molar-refractivity contribution in [2.24, 2.45) is 7.05 Å². The van der Waals surface area contributed by atoms with Gasteiger partial charge in [-0.3, -0.25) is 0 Å². The zero-order valence-electron chi connectivity index (χ0n) is 9.33. The van der Waals surface area contributed by atoms with E-state index in [0.29, 0.717) is 0 Å². The van der Waals surface area contributed by atoms with E-state index in [1.54, 1.807) is 3.71 Å². The third-order valence-electron chi connectivity index (χ3n) is 2.72. The summed E-state index contributed by atoms with van der Waals surface area (Å²) in [6.07, 6.45) is 0. The van der Waals surface area contributed by atoms with E-state index in [2.05, 4.69) is 56.8 Å². The maximum atomic E-state index is 2.46.